The number of esters is 1. The number of carbonyl (C=O) groups excluding carboxylic acids is 2. The van der Waals surface area contributed by atoms with E-state index in [0.29, 0.717) is 13.2 Å². The van der Waals surface area contributed by atoms with E-state index in [-0.39, 0.29) is 17.9 Å². The average molecular weight is 313 g/mol. The lowest BCUT2D eigenvalue weighted by Crippen LogP contribution is -2.43. The van der Waals surface area contributed by atoms with E-state index in [1.54, 1.807) is 6.08 Å². The second kappa shape index (κ2) is 6.19. The molecule has 1 saturated carbocycles. The first-order valence-corrected chi connectivity index (χ1v) is 8.32. The summed E-state index contributed by atoms with van der Waals surface area (Å²) < 4.78 is 5.27. The number of ether oxygens (including phenoxy) is 1. The minimum absolute atomic E-state index is 0.00299. The number of hydrogen-bond donors (Lipinski definition) is 0. The zero-order valence-electron chi connectivity index (χ0n) is 13.7. The van der Waals surface area contributed by atoms with Gasteiger partial charge >= 0.3 is 5.97 Å². The highest BCUT2D eigenvalue weighted by Gasteiger charge is 2.51. The van der Waals surface area contributed by atoms with E-state index < -0.39 is 5.41 Å². The van der Waals surface area contributed by atoms with Gasteiger partial charge in [-0.1, -0.05) is 36.8 Å². The standard InChI is InChI=1S/C19H23NO3/c1-3-23-18(22)19(10-7-11-19)16-12-17(21)20(13-16)14(2)15-8-5-4-6-9-15/h4-6,8-9,12,14H,3,7,10-11,13H2,1-2H3/t14-/m0/s1. The maximum Gasteiger partial charge on any atom is 0.316 e. The number of carbonyl (C=O) groups is 2. The van der Waals surface area contributed by atoms with E-state index in [1.165, 1.54) is 0 Å². The van der Waals surface area contributed by atoms with E-state index in [2.05, 4.69) is 0 Å². The predicted octanol–water partition coefficient (Wildman–Crippen LogP) is 3.25. The van der Waals surface area contributed by atoms with Crippen LogP contribution < -0.4 is 0 Å². The second-order valence-electron chi connectivity index (χ2n) is 6.38. The molecule has 0 bridgehead atoms. The molecule has 1 aromatic carbocycles. The lowest BCUT2D eigenvalue weighted by atomic mass is 9.64. The zero-order chi connectivity index (χ0) is 16.4. The molecule has 2 aliphatic rings. The van der Waals surface area contributed by atoms with Crippen molar-refractivity contribution in [3.63, 3.8) is 0 Å². The van der Waals surface area contributed by atoms with Crippen molar-refractivity contribution in [1.29, 1.82) is 0 Å². The average Bonchev–Trinajstić information content (AvgIpc) is 2.88. The topological polar surface area (TPSA) is 46.6 Å². The van der Waals surface area contributed by atoms with Crippen molar-refractivity contribution in [3.8, 4) is 0 Å². The Morgan fingerprint density at radius 1 is 1.30 bits per heavy atom. The third-order valence-corrected chi connectivity index (χ3v) is 5.16. The summed E-state index contributed by atoms with van der Waals surface area (Å²) in [5.41, 5.74) is 1.47. The number of rotatable bonds is 5. The van der Waals surface area contributed by atoms with Crippen LogP contribution in [0.4, 0.5) is 0 Å². The van der Waals surface area contributed by atoms with Crippen LogP contribution in [0.3, 0.4) is 0 Å². The largest absolute Gasteiger partial charge is 0.465 e. The molecule has 0 saturated heterocycles. The van der Waals surface area contributed by atoms with E-state index in [4.69, 9.17) is 4.74 Å². The molecule has 3 rings (SSSR count). The monoisotopic (exact) mass is 313 g/mol. The van der Waals surface area contributed by atoms with Crippen LogP contribution in [0.1, 0.15) is 44.7 Å². The van der Waals surface area contributed by atoms with Gasteiger partial charge in [-0.15, -0.1) is 0 Å². The van der Waals surface area contributed by atoms with Crippen molar-refractivity contribution in [2.24, 2.45) is 5.41 Å². The van der Waals surface area contributed by atoms with Gasteiger partial charge in [0.15, 0.2) is 0 Å². The molecule has 1 aliphatic heterocycles. The number of benzene rings is 1. The Morgan fingerprint density at radius 2 is 2.00 bits per heavy atom. The van der Waals surface area contributed by atoms with Crippen LogP contribution in [0, 0.1) is 5.41 Å². The van der Waals surface area contributed by atoms with Crippen molar-refractivity contribution >= 4 is 11.9 Å². The van der Waals surface area contributed by atoms with E-state index in [9.17, 15) is 9.59 Å². The van der Waals surface area contributed by atoms with Crippen LogP contribution in [0.25, 0.3) is 0 Å². The molecule has 1 heterocycles. The molecule has 1 amide bonds. The molecule has 1 aliphatic carbocycles. The van der Waals surface area contributed by atoms with Gasteiger partial charge in [-0.2, -0.15) is 0 Å². The van der Waals surface area contributed by atoms with Gasteiger partial charge in [0.2, 0.25) is 5.91 Å². The van der Waals surface area contributed by atoms with E-state index >= 15 is 0 Å². The summed E-state index contributed by atoms with van der Waals surface area (Å²) in [6, 6.07) is 9.98. The number of amides is 1. The molecule has 1 aromatic rings. The third kappa shape index (κ3) is 2.67. The second-order valence-corrected chi connectivity index (χ2v) is 6.38. The van der Waals surface area contributed by atoms with Crippen molar-refractivity contribution in [2.75, 3.05) is 13.2 Å². The Kier molecular flexibility index (Phi) is 4.24. The molecule has 0 spiro atoms. The molecular formula is C19H23NO3. The van der Waals surface area contributed by atoms with Gasteiger partial charge in [0.1, 0.15) is 0 Å². The molecule has 0 unspecified atom stereocenters. The van der Waals surface area contributed by atoms with Gasteiger partial charge < -0.3 is 9.64 Å². The molecule has 0 N–H and O–H groups in total. The van der Waals surface area contributed by atoms with Crippen molar-refractivity contribution < 1.29 is 14.3 Å². The first-order valence-electron chi connectivity index (χ1n) is 8.32. The first-order chi connectivity index (χ1) is 11.1. The van der Waals surface area contributed by atoms with Crippen LogP contribution in [0.5, 0.6) is 0 Å². The quantitative estimate of drug-likeness (QED) is 0.784. The van der Waals surface area contributed by atoms with Crippen LogP contribution in [-0.2, 0) is 14.3 Å². The molecule has 122 valence electrons. The summed E-state index contributed by atoms with van der Waals surface area (Å²) >= 11 is 0. The van der Waals surface area contributed by atoms with Crippen LogP contribution in [0.2, 0.25) is 0 Å². The molecule has 1 atom stereocenters. The van der Waals surface area contributed by atoms with Crippen LogP contribution in [0.15, 0.2) is 42.0 Å². The Morgan fingerprint density at radius 3 is 2.57 bits per heavy atom. The Bertz CT molecular complexity index is 631. The normalized spacial score (nSPS) is 20.7. The number of hydrogen-bond acceptors (Lipinski definition) is 3. The van der Waals surface area contributed by atoms with E-state index in [1.807, 2.05) is 49.1 Å². The smallest absolute Gasteiger partial charge is 0.316 e. The van der Waals surface area contributed by atoms with Gasteiger partial charge in [0.05, 0.1) is 18.1 Å². The molecule has 0 radical (unpaired) electrons. The fourth-order valence-corrected chi connectivity index (χ4v) is 3.52. The van der Waals surface area contributed by atoms with Gasteiger partial charge in [-0.25, -0.2) is 0 Å². The van der Waals surface area contributed by atoms with Gasteiger partial charge in [0.25, 0.3) is 0 Å². The van der Waals surface area contributed by atoms with E-state index in [0.717, 1.165) is 30.4 Å². The highest BCUT2D eigenvalue weighted by molar-refractivity contribution is 5.95. The lowest BCUT2D eigenvalue weighted by molar-refractivity contribution is -0.157. The summed E-state index contributed by atoms with van der Waals surface area (Å²) in [5.74, 6) is -0.175. The zero-order valence-corrected chi connectivity index (χ0v) is 13.7. The van der Waals surface area contributed by atoms with Crippen molar-refractivity contribution in [3.05, 3.63) is 47.5 Å². The molecule has 1 fully saturated rings. The summed E-state index contributed by atoms with van der Waals surface area (Å²) in [7, 11) is 0. The maximum absolute atomic E-state index is 12.5. The fourth-order valence-electron chi connectivity index (χ4n) is 3.52. The minimum atomic E-state index is -0.559. The van der Waals surface area contributed by atoms with Crippen LogP contribution >= 0.6 is 0 Å². The predicted molar refractivity (Wildman–Crippen MR) is 87.6 cm³/mol. The van der Waals surface area contributed by atoms with Gasteiger partial charge in [-0.05, 0) is 37.8 Å². The highest BCUT2D eigenvalue weighted by Crippen LogP contribution is 2.50. The number of nitrogens with zero attached hydrogens (tertiary/aromatic N) is 1. The van der Waals surface area contributed by atoms with Gasteiger partial charge in [0, 0.05) is 12.6 Å². The van der Waals surface area contributed by atoms with Gasteiger partial charge in [-0.3, -0.25) is 9.59 Å². The van der Waals surface area contributed by atoms with Crippen LogP contribution in [-0.4, -0.2) is 29.9 Å². The molecule has 0 aromatic heterocycles. The molecule has 4 heteroatoms. The highest BCUT2D eigenvalue weighted by atomic mass is 16.5. The SMILES string of the molecule is CCOC(=O)C1(C2=CC(=O)N([C@@H](C)c3ccccc3)C2)CCC1. The molecule has 4 nitrogen and oxygen atoms in total. The summed E-state index contributed by atoms with van der Waals surface area (Å²) in [5, 5.41) is 0. The minimum Gasteiger partial charge on any atom is -0.465 e. The summed E-state index contributed by atoms with van der Waals surface area (Å²) in [6.45, 7) is 4.75. The molecular weight excluding hydrogens is 290 g/mol. The third-order valence-electron chi connectivity index (χ3n) is 5.16. The Labute approximate surface area is 137 Å². The first kappa shape index (κ1) is 15.8. The van der Waals surface area contributed by atoms with Crippen molar-refractivity contribution in [1.82, 2.24) is 4.90 Å². The summed E-state index contributed by atoms with van der Waals surface area (Å²) in [4.78, 5) is 26.7. The molecule has 23 heavy (non-hydrogen) atoms. The van der Waals surface area contributed by atoms with Crippen molar-refractivity contribution in [2.45, 2.75) is 39.2 Å². The lowest BCUT2D eigenvalue weighted by Gasteiger charge is -2.41. The Balaban J connectivity index is 1.78. The summed E-state index contributed by atoms with van der Waals surface area (Å²) in [6.07, 6.45) is 4.26. The fraction of sp³-hybridized carbons (Fsp3) is 0.474. The maximum atomic E-state index is 12.5. The Hall–Kier alpha value is -2.10.